The van der Waals surface area contributed by atoms with Crippen LogP contribution in [0.5, 0.6) is 0 Å². The zero-order chi connectivity index (χ0) is 18.6. The average Bonchev–Trinajstić information content (AvgIpc) is 3.13. The minimum Gasteiger partial charge on any atom is -0.468 e. The van der Waals surface area contributed by atoms with Gasteiger partial charge in [-0.2, -0.15) is 0 Å². The number of furan rings is 1. The van der Waals surface area contributed by atoms with Crippen LogP contribution in [0.25, 0.3) is 0 Å². The highest BCUT2D eigenvalue weighted by Crippen LogP contribution is 2.20. The first kappa shape index (κ1) is 17.5. The fraction of sp³-hybridized carbons (Fsp3) is 0.333. The number of amides is 1. The van der Waals surface area contributed by atoms with Crippen molar-refractivity contribution in [1.29, 1.82) is 0 Å². The second-order valence-corrected chi connectivity index (χ2v) is 7.10. The van der Waals surface area contributed by atoms with Gasteiger partial charge in [-0.05, 0) is 49.6 Å². The van der Waals surface area contributed by atoms with Crippen molar-refractivity contribution in [3.8, 4) is 0 Å². The molecule has 0 aliphatic heterocycles. The second kappa shape index (κ2) is 7.80. The molecule has 1 fully saturated rings. The van der Waals surface area contributed by atoms with Crippen molar-refractivity contribution in [3.05, 3.63) is 77.1 Å². The van der Waals surface area contributed by atoms with Gasteiger partial charge in [-0.1, -0.05) is 17.3 Å². The normalized spacial score (nSPS) is 13.9. The van der Waals surface area contributed by atoms with Crippen LogP contribution in [-0.4, -0.2) is 22.0 Å². The summed E-state index contributed by atoms with van der Waals surface area (Å²) < 4.78 is 10.7. The minimum atomic E-state index is 0.00886. The summed E-state index contributed by atoms with van der Waals surface area (Å²) >= 11 is 0. The molecule has 1 aliphatic carbocycles. The van der Waals surface area contributed by atoms with E-state index in [9.17, 15) is 4.79 Å². The van der Waals surface area contributed by atoms with E-state index in [0.29, 0.717) is 24.7 Å². The Hall–Kier alpha value is -2.86. The topological polar surface area (TPSA) is 71.5 Å². The molecular formula is C21H23N3O3. The van der Waals surface area contributed by atoms with Gasteiger partial charge in [-0.15, -0.1) is 0 Å². The number of carbonyl (C=O) groups is 1. The van der Waals surface area contributed by atoms with Gasteiger partial charge < -0.3 is 14.3 Å². The van der Waals surface area contributed by atoms with E-state index in [4.69, 9.17) is 8.94 Å². The highest BCUT2D eigenvalue weighted by Gasteiger charge is 2.23. The monoisotopic (exact) mass is 365 g/mol. The minimum absolute atomic E-state index is 0.00886. The van der Waals surface area contributed by atoms with Crippen molar-refractivity contribution in [2.45, 2.75) is 45.4 Å². The van der Waals surface area contributed by atoms with Crippen LogP contribution in [0.3, 0.4) is 0 Å². The number of nitrogens with zero attached hydrogens (tertiary/aromatic N) is 2. The van der Waals surface area contributed by atoms with Gasteiger partial charge in [-0.25, -0.2) is 0 Å². The molecule has 2 heterocycles. The van der Waals surface area contributed by atoms with Gasteiger partial charge in [0.2, 0.25) is 0 Å². The first-order chi connectivity index (χ1) is 13.2. The molecule has 6 nitrogen and oxygen atoms in total. The van der Waals surface area contributed by atoms with Gasteiger partial charge in [0.05, 0.1) is 18.5 Å². The van der Waals surface area contributed by atoms with Crippen LogP contribution in [0.1, 0.15) is 46.0 Å². The number of aromatic nitrogens is 1. The van der Waals surface area contributed by atoms with E-state index in [1.54, 1.807) is 6.26 Å². The van der Waals surface area contributed by atoms with Gasteiger partial charge in [0.15, 0.2) is 0 Å². The molecule has 1 saturated carbocycles. The number of hydrogen-bond donors (Lipinski definition) is 1. The summed E-state index contributed by atoms with van der Waals surface area (Å²) in [4.78, 5) is 14.4. The lowest BCUT2D eigenvalue weighted by Crippen LogP contribution is -2.25. The predicted octanol–water partition coefficient (Wildman–Crippen LogP) is 3.67. The molecule has 3 aromatic rings. The number of rotatable bonds is 8. The predicted molar refractivity (Wildman–Crippen MR) is 99.8 cm³/mol. The quantitative estimate of drug-likeness (QED) is 0.659. The van der Waals surface area contributed by atoms with Crippen LogP contribution >= 0.6 is 0 Å². The Bertz CT molecular complexity index is 880. The Morgan fingerprint density at radius 1 is 1.19 bits per heavy atom. The molecule has 1 amide bonds. The second-order valence-electron chi connectivity index (χ2n) is 7.10. The van der Waals surface area contributed by atoms with E-state index >= 15 is 0 Å². The Labute approximate surface area is 158 Å². The molecule has 6 heteroatoms. The Kier molecular flexibility index (Phi) is 5.07. The molecule has 1 N–H and O–H groups in total. The van der Waals surface area contributed by atoms with Gasteiger partial charge in [-0.3, -0.25) is 9.69 Å². The molecule has 1 aromatic carbocycles. The fourth-order valence-corrected chi connectivity index (χ4v) is 3.03. The standard InChI is InChI=1S/C21H23N3O3/c1-15-11-19(23-27-15)13-24(14-20-3-2-10-26-20)12-16-4-6-17(7-5-16)21(25)22-18-8-9-18/h2-7,10-11,18H,8-9,12-14H2,1H3,(H,22,25). The number of carbonyl (C=O) groups excluding carboxylic acids is 1. The van der Waals surface area contributed by atoms with Crippen LogP contribution in [0, 0.1) is 6.92 Å². The lowest BCUT2D eigenvalue weighted by Gasteiger charge is -2.20. The van der Waals surface area contributed by atoms with Crippen LogP contribution in [-0.2, 0) is 19.6 Å². The van der Waals surface area contributed by atoms with E-state index < -0.39 is 0 Å². The maximum absolute atomic E-state index is 12.1. The maximum atomic E-state index is 12.1. The summed E-state index contributed by atoms with van der Waals surface area (Å²) in [5.74, 6) is 1.71. The molecule has 0 spiro atoms. The fourth-order valence-electron chi connectivity index (χ4n) is 3.03. The summed E-state index contributed by atoms with van der Waals surface area (Å²) in [6.45, 7) is 3.93. The lowest BCUT2D eigenvalue weighted by molar-refractivity contribution is 0.0951. The van der Waals surface area contributed by atoms with Crippen molar-refractivity contribution >= 4 is 5.91 Å². The molecule has 1 aliphatic rings. The van der Waals surface area contributed by atoms with Crippen LogP contribution in [0.2, 0.25) is 0 Å². The summed E-state index contributed by atoms with van der Waals surface area (Å²) in [6, 6.07) is 14.0. The molecule has 0 unspecified atom stereocenters. The number of nitrogens with one attached hydrogen (secondary N) is 1. The third-order valence-electron chi connectivity index (χ3n) is 4.56. The summed E-state index contributed by atoms with van der Waals surface area (Å²) in [7, 11) is 0. The molecule has 0 bridgehead atoms. The summed E-state index contributed by atoms with van der Waals surface area (Å²) in [5.41, 5.74) is 2.72. The molecule has 140 valence electrons. The first-order valence-electron chi connectivity index (χ1n) is 9.22. The summed E-state index contributed by atoms with van der Waals surface area (Å²) in [5, 5.41) is 7.11. The molecule has 27 heavy (non-hydrogen) atoms. The van der Waals surface area contributed by atoms with E-state index in [1.165, 1.54) is 0 Å². The zero-order valence-electron chi connectivity index (χ0n) is 15.4. The van der Waals surface area contributed by atoms with Crippen molar-refractivity contribution in [3.63, 3.8) is 0 Å². The largest absolute Gasteiger partial charge is 0.468 e. The van der Waals surface area contributed by atoms with Gasteiger partial charge in [0.1, 0.15) is 11.5 Å². The third-order valence-corrected chi connectivity index (χ3v) is 4.56. The van der Waals surface area contributed by atoms with Crippen molar-refractivity contribution in [2.75, 3.05) is 0 Å². The van der Waals surface area contributed by atoms with Crippen molar-refractivity contribution in [1.82, 2.24) is 15.4 Å². The Morgan fingerprint density at radius 2 is 2.00 bits per heavy atom. The van der Waals surface area contributed by atoms with E-state index in [-0.39, 0.29) is 5.91 Å². The van der Waals surface area contributed by atoms with E-state index in [0.717, 1.165) is 42.2 Å². The van der Waals surface area contributed by atoms with Crippen LogP contribution < -0.4 is 5.32 Å². The van der Waals surface area contributed by atoms with Gasteiger partial charge in [0.25, 0.3) is 5.91 Å². The smallest absolute Gasteiger partial charge is 0.251 e. The Balaban J connectivity index is 1.43. The number of aryl methyl sites for hydroxylation is 1. The molecule has 0 atom stereocenters. The van der Waals surface area contributed by atoms with Crippen LogP contribution in [0.4, 0.5) is 0 Å². The lowest BCUT2D eigenvalue weighted by atomic mass is 10.1. The number of benzene rings is 1. The van der Waals surface area contributed by atoms with Crippen LogP contribution in [0.15, 0.2) is 57.7 Å². The Morgan fingerprint density at radius 3 is 2.63 bits per heavy atom. The third kappa shape index (κ3) is 4.86. The number of hydrogen-bond acceptors (Lipinski definition) is 5. The van der Waals surface area contributed by atoms with Crippen molar-refractivity contribution in [2.24, 2.45) is 0 Å². The summed E-state index contributed by atoms with van der Waals surface area (Å²) in [6.07, 6.45) is 3.86. The van der Waals surface area contributed by atoms with E-state index in [2.05, 4.69) is 15.4 Å². The highest BCUT2D eigenvalue weighted by atomic mass is 16.5. The molecule has 0 radical (unpaired) electrons. The van der Waals surface area contributed by atoms with Gasteiger partial charge in [0, 0.05) is 30.8 Å². The molecule has 2 aromatic heterocycles. The molecule has 0 saturated heterocycles. The van der Waals surface area contributed by atoms with Gasteiger partial charge >= 0.3 is 0 Å². The zero-order valence-corrected chi connectivity index (χ0v) is 15.4. The van der Waals surface area contributed by atoms with E-state index in [1.807, 2.05) is 49.4 Å². The highest BCUT2D eigenvalue weighted by molar-refractivity contribution is 5.94. The molecule has 4 rings (SSSR count). The molecular weight excluding hydrogens is 342 g/mol. The SMILES string of the molecule is Cc1cc(CN(Cc2ccc(C(=O)NC3CC3)cc2)Cc2ccco2)no1. The first-order valence-corrected chi connectivity index (χ1v) is 9.22. The maximum Gasteiger partial charge on any atom is 0.251 e. The van der Waals surface area contributed by atoms with Crippen molar-refractivity contribution < 1.29 is 13.7 Å². The average molecular weight is 365 g/mol.